The molecule has 0 saturated heterocycles. The van der Waals surface area contributed by atoms with Crippen molar-refractivity contribution in [2.75, 3.05) is 0 Å². The van der Waals surface area contributed by atoms with Crippen molar-refractivity contribution < 1.29 is 0 Å². The van der Waals surface area contributed by atoms with E-state index in [2.05, 4.69) is 26.1 Å². The van der Waals surface area contributed by atoms with E-state index in [9.17, 15) is 0 Å². The van der Waals surface area contributed by atoms with Gasteiger partial charge in [-0.25, -0.2) is 0 Å². The van der Waals surface area contributed by atoms with Crippen molar-refractivity contribution in [1.29, 1.82) is 0 Å². The average molecular weight is 271 g/mol. The van der Waals surface area contributed by atoms with Crippen LogP contribution >= 0.6 is 24.8 Å². The smallest absolute Gasteiger partial charge is 0.0221 e. The highest BCUT2D eigenvalue weighted by atomic mass is 35.5. The predicted molar refractivity (Wildman–Crippen MR) is 76.8 cm³/mol. The molecule has 0 aromatic heterocycles. The Bertz CT molecular complexity index is 165. The first-order valence-corrected chi connectivity index (χ1v) is 6.11. The highest BCUT2D eigenvalue weighted by Crippen LogP contribution is 2.18. The van der Waals surface area contributed by atoms with Crippen molar-refractivity contribution in [3.05, 3.63) is 0 Å². The molecule has 1 unspecified atom stereocenters. The van der Waals surface area contributed by atoms with Gasteiger partial charge in [-0.1, -0.05) is 26.7 Å². The molecule has 0 amide bonds. The Morgan fingerprint density at radius 1 is 1.12 bits per heavy atom. The van der Waals surface area contributed by atoms with Gasteiger partial charge in [-0.2, -0.15) is 0 Å². The minimum atomic E-state index is 0. The van der Waals surface area contributed by atoms with Crippen molar-refractivity contribution in [2.45, 2.75) is 71.0 Å². The SMILES string of the molecule is CC(C)CC(C)N[C@@H]1CCCC[C@H]1N.Cl.Cl. The molecule has 0 spiro atoms. The van der Waals surface area contributed by atoms with E-state index in [1.54, 1.807) is 0 Å². The lowest BCUT2D eigenvalue weighted by atomic mass is 9.90. The van der Waals surface area contributed by atoms with E-state index in [1.807, 2.05) is 0 Å². The van der Waals surface area contributed by atoms with Crippen LogP contribution in [0.3, 0.4) is 0 Å². The third-order valence-electron chi connectivity index (χ3n) is 3.14. The molecule has 3 N–H and O–H groups in total. The summed E-state index contributed by atoms with van der Waals surface area (Å²) < 4.78 is 0. The molecule has 0 aromatic carbocycles. The fourth-order valence-corrected chi connectivity index (χ4v) is 2.51. The molecule has 0 heterocycles. The zero-order valence-electron chi connectivity index (χ0n) is 10.7. The van der Waals surface area contributed by atoms with Crippen LogP contribution in [0, 0.1) is 5.92 Å². The molecule has 16 heavy (non-hydrogen) atoms. The van der Waals surface area contributed by atoms with E-state index in [0.717, 1.165) is 5.92 Å². The Kier molecular flexibility index (Phi) is 11.2. The molecule has 4 heteroatoms. The second-order valence-corrected chi connectivity index (χ2v) is 5.25. The van der Waals surface area contributed by atoms with Crippen LogP contribution in [-0.2, 0) is 0 Å². The molecule has 0 radical (unpaired) electrons. The zero-order valence-corrected chi connectivity index (χ0v) is 12.4. The Labute approximate surface area is 113 Å². The molecular weight excluding hydrogens is 243 g/mol. The Balaban J connectivity index is 0. The minimum Gasteiger partial charge on any atom is -0.326 e. The fourth-order valence-electron chi connectivity index (χ4n) is 2.51. The van der Waals surface area contributed by atoms with Crippen LogP contribution in [0.25, 0.3) is 0 Å². The number of halogens is 2. The molecule has 100 valence electrons. The van der Waals surface area contributed by atoms with Crippen molar-refractivity contribution in [2.24, 2.45) is 11.7 Å². The van der Waals surface area contributed by atoms with E-state index < -0.39 is 0 Å². The van der Waals surface area contributed by atoms with Gasteiger partial charge in [0.15, 0.2) is 0 Å². The quantitative estimate of drug-likeness (QED) is 0.824. The van der Waals surface area contributed by atoms with Gasteiger partial charge in [-0.3, -0.25) is 0 Å². The van der Waals surface area contributed by atoms with Crippen LogP contribution in [0.15, 0.2) is 0 Å². The largest absolute Gasteiger partial charge is 0.326 e. The van der Waals surface area contributed by atoms with E-state index in [4.69, 9.17) is 5.73 Å². The molecular formula is C12H28Cl2N2. The van der Waals surface area contributed by atoms with Gasteiger partial charge < -0.3 is 11.1 Å². The standard InChI is InChI=1S/C12H26N2.2ClH/c1-9(2)8-10(3)14-12-7-5-4-6-11(12)13;;/h9-12,14H,4-8,13H2,1-3H3;2*1H/t10?,11-,12-;;/m1../s1. The number of rotatable bonds is 4. The van der Waals surface area contributed by atoms with E-state index in [-0.39, 0.29) is 24.8 Å². The van der Waals surface area contributed by atoms with Gasteiger partial charge in [-0.05, 0) is 32.1 Å². The zero-order chi connectivity index (χ0) is 10.6. The van der Waals surface area contributed by atoms with Crippen molar-refractivity contribution in [3.63, 3.8) is 0 Å². The van der Waals surface area contributed by atoms with Crippen molar-refractivity contribution in [1.82, 2.24) is 5.32 Å². The summed E-state index contributed by atoms with van der Waals surface area (Å²) in [6.45, 7) is 6.83. The molecule has 1 fully saturated rings. The third kappa shape index (κ3) is 6.95. The Morgan fingerprint density at radius 2 is 1.69 bits per heavy atom. The van der Waals surface area contributed by atoms with Crippen molar-refractivity contribution in [3.8, 4) is 0 Å². The normalized spacial score (nSPS) is 26.8. The second kappa shape index (κ2) is 9.52. The molecule has 0 aliphatic heterocycles. The summed E-state index contributed by atoms with van der Waals surface area (Å²) in [5.41, 5.74) is 6.10. The van der Waals surface area contributed by atoms with Gasteiger partial charge in [0.05, 0.1) is 0 Å². The van der Waals surface area contributed by atoms with Gasteiger partial charge in [0.1, 0.15) is 0 Å². The molecule has 1 aliphatic carbocycles. The Morgan fingerprint density at radius 3 is 2.19 bits per heavy atom. The molecule has 0 bridgehead atoms. The topological polar surface area (TPSA) is 38.0 Å². The first-order chi connectivity index (χ1) is 6.59. The minimum absolute atomic E-state index is 0. The summed E-state index contributed by atoms with van der Waals surface area (Å²) in [4.78, 5) is 0. The van der Waals surface area contributed by atoms with Gasteiger partial charge in [0.2, 0.25) is 0 Å². The van der Waals surface area contributed by atoms with Crippen LogP contribution in [0.4, 0.5) is 0 Å². The first kappa shape index (κ1) is 18.9. The summed E-state index contributed by atoms with van der Waals surface area (Å²) in [5.74, 6) is 0.775. The van der Waals surface area contributed by atoms with Crippen LogP contribution in [0.5, 0.6) is 0 Å². The molecule has 1 rings (SSSR count). The second-order valence-electron chi connectivity index (χ2n) is 5.25. The molecule has 2 nitrogen and oxygen atoms in total. The van der Waals surface area contributed by atoms with Gasteiger partial charge >= 0.3 is 0 Å². The lowest BCUT2D eigenvalue weighted by Gasteiger charge is -2.32. The Hall–Kier alpha value is 0.500. The third-order valence-corrected chi connectivity index (χ3v) is 3.14. The summed E-state index contributed by atoms with van der Waals surface area (Å²) in [5, 5.41) is 3.67. The maximum Gasteiger partial charge on any atom is 0.0221 e. The monoisotopic (exact) mass is 270 g/mol. The maximum absolute atomic E-state index is 6.10. The highest BCUT2D eigenvalue weighted by Gasteiger charge is 2.22. The van der Waals surface area contributed by atoms with Gasteiger partial charge in [-0.15, -0.1) is 24.8 Å². The lowest BCUT2D eigenvalue weighted by Crippen LogP contribution is -2.50. The lowest BCUT2D eigenvalue weighted by molar-refractivity contribution is 0.290. The summed E-state index contributed by atoms with van der Waals surface area (Å²) in [6.07, 6.45) is 6.39. The predicted octanol–water partition coefficient (Wildman–Crippen LogP) is 3.12. The molecule has 3 atom stereocenters. The van der Waals surface area contributed by atoms with Crippen LogP contribution in [-0.4, -0.2) is 18.1 Å². The average Bonchev–Trinajstić information content (AvgIpc) is 2.07. The first-order valence-electron chi connectivity index (χ1n) is 6.11. The molecule has 0 aromatic rings. The molecule has 1 saturated carbocycles. The van der Waals surface area contributed by atoms with Crippen molar-refractivity contribution >= 4 is 24.8 Å². The van der Waals surface area contributed by atoms with E-state index >= 15 is 0 Å². The number of hydrogen-bond donors (Lipinski definition) is 2. The maximum atomic E-state index is 6.10. The summed E-state index contributed by atoms with van der Waals surface area (Å²) in [6, 6.07) is 1.57. The fraction of sp³-hybridized carbons (Fsp3) is 1.00. The summed E-state index contributed by atoms with van der Waals surface area (Å²) >= 11 is 0. The van der Waals surface area contributed by atoms with Crippen LogP contribution in [0.2, 0.25) is 0 Å². The number of nitrogens with one attached hydrogen (secondary N) is 1. The number of nitrogens with two attached hydrogens (primary N) is 1. The van der Waals surface area contributed by atoms with E-state index in [1.165, 1.54) is 32.1 Å². The summed E-state index contributed by atoms with van der Waals surface area (Å²) in [7, 11) is 0. The van der Waals surface area contributed by atoms with Gasteiger partial charge in [0.25, 0.3) is 0 Å². The number of hydrogen-bond acceptors (Lipinski definition) is 2. The van der Waals surface area contributed by atoms with Crippen LogP contribution in [0.1, 0.15) is 52.9 Å². The van der Waals surface area contributed by atoms with E-state index in [0.29, 0.717) is 18.1 Å². The molecule has 1 aliphatic rings. The highest BCUT2D eigenvalue weighted by molar-refractivity contribution is 5.85. The van der Waals surface area contributed by atoms with Gasteiger partial charge in [0, 0.05) is 18.1 Å². The van der Waals surface area contributed by atoms with Crippen LogP contribution < -0.4 is 11.1 Å².